The average Bonchev–Trinajstić information content (AvgIpc) is 2.62. The Bertz CT molecular complexity index is 447. The molecule has 0 amide bonds. The molecular formula is C17H25BrFN. The fourth-order valence-electron chi connectivity index (χ4n) is 3.24. The Morgan fingerprint density at radius 1 is 1.25 bits per heavy atom. The summed E-state index contributed by atoms with van der Waals surface area (Å²) >= 11 is 3.28. The Kier molecular flexibility index (Phi) is 5.88. The van der Waals surface area contributed by atoms with Crippen LogP contribution in [0.25, 0.3) is 0 Å². The molecule has 1 saturated carbocycles. The maximum Gasteiger partial charge on any atom is 0.137 e. The van der Waals surface area contributed by atoms with Crippen LogP contribution in [0.15, 0.2) is 16.6 Å². The van der Waals surface area contributed by atoms with Crippen LogP contribution in [0.1, 0.15) is 57.4 Å². The van der Waals surface area contributed by atoms with Crippen molar-refractivity contribution in [1.82, 2.24) is 0 Å². The standard InChI is InChI=1S/C17H25BrFN/c1-3-5-13-6-4-7-14(9-8-13)20-17-11-15(18)16(19)10-12(17)2/h10-11,13-14,20H,3-9H2,1-2H3. The maximum atomic E-state index is 13.5. The van der Waals surface area contributed by atoms with Crippen LogP contribution in [0, 0.1) is 18.7 Å². The minimum atomic E-state index is -0.183. The molecule has 2 atom stereocenters. The lowest BCUT2D eigenvalue weighted by atomic mass is 9.95. The summed E-state index contributed by atoms with van der Waals surface area (Å²) in [4.78, 5) is 0. The summed E-state index contributed by atoms with van der Waals surface area (Å²) in [6.07, 6.45) is 9.14. The van der Waals surface area contributed by atoms with E-state index in [-0.39, 0.29) is 5.82 Å². The lowest BCUT2D eigenvalue weighted by Gasteiger charge is -2.20. The van der Waals surface area contributed by atoms with Crippen molar-refractivity contribution >= 4 is 21.6 Å². The molecule has 20 heavy (non-hydrogen) atoms. The molecule has 3 heteroatoms. The van der Waals surface area contributed by atoms with Crippen molar-refractivity contribution in [3.8, 4) is 0 Å². The molecule has 2 rings (SSSR count). The molecule has 1 aliphatic carbocycles. The van der Waals surface area contributed by atoms with E-state index in [2.05, 4.69) is 28.2 Å². The highest BCUT2D eigenvalue weighted by Crippen LogP contribution is 2.30. The molecule has 0 aromatic heterocycles. The van der Waals surface area contributed by atoms with Gasteiger partial charge in [-0.2, -0.15) is 0 Å². The zero-order valence-electron chi connectivity index (χ0n) is 12.5. The van der Waals surface area contributed by atoms with Gasteiger partial charge in [-0.25, -0.2) is 4.39 Å². The fraction of sp³-hybridized carbons (Fsp3) is 0.647. The summed E-state index contributed by atoms with van der Waals surface area (Å²) in [6.45, 7) is 4.24. The van der Waals surface area contributed by atoms with Crippen LogP contribution in [-0.4, -0.2) is 6.04 Å². The lowest BCUT2D eigenvalue weighted by molar-refractivity contribution is 0.422. The highest BCUT2D eigenvalue weighted by Gasteiger charge is 2.19. The van der Waals surface area contributed by atoms with Crippen molar-refractivity contribution in [2.45, 2.75) is 64.8 Å². The topological polar surface area (TPSA) is 12.0 Å². The van der Waals surface area contributed by atoms with E-state index < -0.39 is 0 Å². The molecular weight excluding hydrogens is 317 g/mol. The summed E-state index contributed by atoms with van der Waals surface area (Å²) in [5.74, 6) is 0.727. The first-order valence-corrected chi connectivity index (χ1v) is 8.61. The van der Waals surface area contributed by atoms with Crippen molar-refractivity contribution in [2.75, 3.05) is 5.32 Å². The van der Waals surface area contributed by atoms with E-state index in [0.29, 0.717) is 10.5 Å². The van der Waals surface area contributed by atoms with Gasteiger partial charge in [-0.1, -0.05) is 32.6 Å². The van der Waals surface area contributed by atoms with Crippen LogP contribution in [0.4, 0.5) is 10.1 Å². The van der Waals surface area contributed by atoms with Crippen LogP contribution < -0.4 is 5.32 Å². The molecule has 1 aliphatic rings. The van der Waals surface area contributed by atoms with Gasteiger partial charge in [-0.15, -0.1) is 0 Å². The monoisotopic (exact) mass is 341 g/mol. The molecule has 0 saturated heterocycles. The molecule has 0 heterocycles. The molecule has 1 nitrogen and oxygen atoms in total. The highest BCUT2D eigenvalue weighted by atomic mass is 79.9. The molecule has 112 valence electrons. The Hall–Kier alpha value is -0.570. The largest absolute Gasteiger partial charge is 0.382 e. The van der Waals surface area contributed by atoms with Crippen LogP contribution >= 0.6 is 15.9 Å². The van der Waals surface area contributed by atoms with Gasteiger partial charge in [0, 0.05) is 11.7 Å². The number of aryl methyl sites for hydroxylation is 1. The van der Waals surface area contributed by atoms with Gasteiger partial charge in [0.15, 0.2) is 0 Å². The third-order valence-electron chi connectivity index (χ3n) is 4.41. The molecule has 0 bridgehead atoms. The van der Waals surface area contributed by atoms with Gasteiger partial charge in [0.05, 0.1) is 4.47 Å². The fourth-order valence-corrected chi connectivity index (χ4v) is 3.58. The zero-order chi connectivity index (χ0) is 14.5. The number of benzene rings is 1. The third kappa shape index (κ3) is 4.21. The molecule has 2 unspecified atom stereocenters. The number of hydrogen-bond acceptors (Lipinski definition) is 1. The van der Waals surface area contributed by atoms with E-state index in [1.165, 1.54) is 44.9 Å². The van der Waals surface area contributed by atoms with Gasteiger partial charge in [-0.05, 0) is 65.7 Å². The molecule has 0 spiro atoms. The van der Waals surface area contributed by atoms with Gasteiger partial charge in [0.25, 0.3) is 0 Å². The summed E-state index contributed by atoms with van der Waals surface area (Å²) in [5.41, 5.74) is 2.05. The second-order valence-electron chi connectivity index (χ2n) is 6.09. The highest BCUT2D eigenvalue weighted by molar-refractivity contribution is 9.10. The molecule has 0 radical (unpaired) electrons. The van der Waals surface area contributed by atoms with E-state index in [1.54, 1.807) is 6.07 Å². The molecule has 1 N–H and O–H groups in total. The zero-order valence-corrected chi connectivity index (χ0v) is 14.1. The molecule has 1 aromatic carbocycles. The van der Waals surface area contributed by atoms with Crippen molar-refractivity contribution in [3.05, 3.63) is 28.0 Å². The SMILES string of the molecule is CCCC1CCCC(Nc2cc(Br)c(F)cc2C)CC1. The normalized spacial score (nSPS) is 23.4. The second-order valence-corrected chi connectivity index (χ2v) is 6.94. The van der Waals surface area contributed by atoms with Crippen LogP contribution in [0.3, 0.4) is 0 Å². The number of halogens is 2. The first kappa shape index (κ1) is 15.8. The quantitative estimate of drug-likeness (QED) is 0.656. The van der Waals surface area contributed by atoms with Gasteiger partial charge in [0.2, 0.25) is 0 Å². The van der Waals surface area contributed by atoms with E-state index in [4.69, 9.17) is 0 Å². The number of anilines is 1. The summed E-state index contributed by atoms with van der Waals surface area (Å²) in [5, 5.41) is 3.62. The summed E-state index contributed by atoms with van der Waals surface area (Å²) in [7, 11) is 0. The van der Waals surface area contributed by atoms with Gasteiger partial charge in [-0.3, -0.25) is 0 Å². The first-order chi connectivity index (χ1) is 9.60. The Labute approximate surface area is 130 Å². The Balaban J connectivity index is 1.98. The smallest absolute Gasteiger partial charge is 0.137 e. The number of rotatable bonds is 4. The average molecular weight is 342 g/mol. The Morgan fingerprint density at radius 3 is 2.80 bits per heavy atom. The van der Waals surface area contributed by atoms with Crippen LogP contribution in [0.2, 0.25) is 0 Å². The van der Waals surface area contributed by atoms with Gasteiger partial charge >= 0.3 is 0 Å². The van der Waals surface area contributed by atoms with Crippen LogP contribution in [0.5, 0.6) is 0 Å². The number of nitrogens with one attached hydrogen (secondary N) is 1. The second kappa shape index (κ2) is 7.44. The summed E-state index contributed by atoms with van der Waals surface area (Å²) in [6, 6.07) is 4.01. The minimum Gasteiger partial charge on any atom is -0.382 e. The summed E-state index contributed by atoms with van der Waals surface area (Å²) < 4.78 is 14.0. The van der Waals surface area contributed by atoms with Gasteiger partial charge < -0.3 is 5.32 Å². The lowest BCUT2D eigenvalue weighted by Crippen LogP contribution is -2.19. The van der Waals surface area contributed by atoms with E-state index >= 15 is 0 Å². The van der Waals surface area contributed by atoms with E-state index in [1.807, 2.05) is 13.0 Å². The van der Waals surface area contributed by atoms with Crippen molar-refractivity contribution < 1.29 is 4.39 Å². The predicted molar refractivity (Wildman–Crippen MR) is 87.7 cm³/mol. The molecule has 1 aromatic rings. The first-order valence-electron chi connectivity index (χ1n) is 7.82. The third-order valence-corrected chi connectivity index (χ3v) is 5.02. The minimum absolute atomic E-state index is 0.183. The van der Waals surface area contributed by atoms with E-state index in [0.717, 1.165) is 17.2 Å². The van der Waals surface area contributed by atoms with Crippen LogP contribution in [-0.2, 0) is 0 Å². The van der Waals surface area contributed by atoms with Crippen molar-refractivity contribution in [1.29, 1.82) is 0 Å². The molecule has 0 aliphatic heterocycles. The van der Waals surface area contributed by atoms with Crippen molar-refractivity contribution in [2.24, 2.45) is 5.92 Å². The van der Waals surface area contributed by atoms with E-state index in [9.17, 15) is 4.39 Å². The number of hydrogen-bond donors (Lipinski definition) is 1. The Morgan fingerprint density at radius 2 is 2.05 bits per heavy atom. The molecule has 1 fully saturated rings. The van der Waals surface area contributed by atoms with Gasteiger partial charge in [0.1, 0.15) is 5.82 Å². The maximum absolute atomic E-state index is 13.5. The predicted octanol–water partition coefficient (Wildman–Crippen LogP) is 6.06. The van der Waals surface area contributed by atoms with Crippen molar-refractivity contribution in [3.63, 3.8) is 0 Å².